The molecule has 1 amide bonds. The average molecular weight is 898 g/mol. The van der Waals surface area contributed by atoms with E-state index in [1.54, 1.807) is 27.9 Å². The predicted molar refractivity (Wildman–Crippen MR) is 173 cm³/mol. The van der Waals surface area contributed by atoms with Crippen LogP contribution in [0, 0.1) is 56.4 Å². The molecule has 0 aliphatic carbocycles. The predicted octanol–water partition coefficient (Wildman–Crippen LogP) is 6.86. The molecule has 0 saturated carbocycles. The number of ether oxygens (including phenoxy) is 2. The van der Waals surface area contributed by atoms with Crippen LogP contribution in [0.25, 0.3) is 0 Å². The van der Waals surface area contributed by atoms with E-state index < -0.39 is 29.7 Å². The Hall–Kier alpha value is -2.20. The fourth-order valence-corrected chi connectivity index (χ4v) is 8.94. The summed E-state index contributed by atoms with van der Waals surface area (Å²) < 4.78 is 15.8. The number of amides is 1. The molecule has 1 N–H and O–H groups in total. The van der Waals surface area contributed by atoms with E-state index in [1.807, 2.05) is 48.5 Å². The third kappa shape index (κ3) is 14.5. The number of aryl methyl sites for hydroxylation is 1. The molecule has 1 unspecified atom stereocenters. The molecule has 0 radical (unpaired) electrons. The van der Waals surface area contributed by atoms with E-state index >= 15 is 0 Å². The normalized spacial score (nSPS) is 13.0. The van der Waals surface area contributed by atoms with E-state index in [4.69, 9.17) is 9.47 Å². The number of benzene rings is 2. The first-order chi connectivity index (χ1) is 18.4. The Balaban J connectivity index is 0.00000800. The van der Waals surface area contributed by atoms with Crippen molar-refractivity contribution in [3.63, 3.8) is 0 Å². The fraction of sp³-hybridized carbons (Fsp3) is 0.364. The molecule has 220 valence electrons. The molecule has 0 bridgehead atoms. The first kappa shape index (κ1) is 38.8. The summed E-state index contributed by atoms with van der Waals surface area (Å²) in [5.41, 5.74) is 1.52. The van der Waals surface area contributed by atoms with Crippen LogP contribution in [0.2, 0.25) is 0 Å². The average Bonchev–Trinajstić information content (AvgIpc) is 2.88. The zero-order valence-electron chi connectivity index (χ0n) is 25.1. The number of halogens is 1. The van der Waals surface area contributed by atoms with Gasteiger partial charge in [0.1, 0.15) is 0 Å². The number of hydrogen-bond donors (Lipinski definition) is 1. The Bertz CT molecular complexity index is 1270. The van der Waals surface area contributed by atoms with Gasteiger partial charge < -0.3 is 7.43 Å². The van der Waals surface area contributed by atoms with E-state index in [-0.39, 0.29) is 54.7 Å². The monoisotopic (exact) mass is 897 g/mol. The number of hydrogen-bond acceptors (Lipinski definition) is 5. The standard InChI is InChI=1S/C32H39INO5.CH3.U/c1-25(35)33(5,24-27-18-20-30(38-6)21-19-27)28(16-12-22-34-31(37)39-32(2,3)4)23-29(36)17-11-10-15-26-13-8-7-9-14-26;;/h8-9,13-14,18-21,23H,5,10-11,15,17,22,24H2,1-4,6H3,(H,34,37);1H3;/q2*-1;+2/b28-23-;;. The number of alkyl halides is 1. The Morgan fingerprint density at radius 3 is 2.24 bits per heavy atom. The Labute approximate surface area is 273 Å². The van der Waals surface area contributed by atoms with Gasteiger partial charge in [-0.1, -0.05) is 0 Å². The van der Waals surface area contributed by atoms with Gasteiger partial charge >= 0.3 is 268 Å². The number of ketones is 1. The van der Waals surface area contributed by atoms with Crippen LogP contribution in [-0.2, 0) is 25.2 Å². The maximum absolute atomic E-state index is 13.0. The smallest absolute Gasteiger partial charge is 0.358 e. The molecule has 0 spiro atoms. The summed E-state index contributed by atoms with van der Waals surface area (Å²) in [6, 6.07) is 18.3. The molecular formula is C33H42INO5U. The van der Waals surface area contributed by atoms with Crippen LogP contribution in [-0.4, -0.2) is 39.4 Å². The van der Waals surface area contributed by atoms with Gasteiger partial charge in [-0.25, -0.2) is 0 Å². The van der Waals surface area contributed by atoms with Crippen LogP contribution >= 0.6 is 18.0 Å². The van der Waals surface area contributed by atoms with Gasteiger partial charge in [-0.05, 0) is 0 Å². The van der Waals surface area contributed by atoms with Crippen molar-refractivity contribution < 1.29 is 55.0 Å². The summed E-state index contributed by atoms with van der Waals surface area (Å²) in [5.74, 6) is 6.59. The van der Waals surface area contributed by atoms with Crippen LogP contribution in [0.5, 0.6) is 5.75 Å². The minimum Gasteiger partial charge on any atom is -0.358 e. The molecular weight excluding hydrogens is 855 g/mol. The van der Waals surface area contributed by atoms with E-state index in [1.165, 1.54) is 18.6 Å². The zero-order valence-corrected chi connectivity index (χ0v) is 31.4. The molecule has 0 aliphatic rings. The molecule has 1 atom stereocenters. The summed E-state index contributed by atoms with van der Waals surface area (Å²) in [7, 11) is 1.60. The number of carbonyl (C=O) groups excluding carboxylic acids is 3. The molecule has 8 heteroatoms. The third-order valence-corrected chi connectivity index (χ3v) is 13.5. The number of rotatable bonds is 12. The number of methoxy groups -OCH3 is 1. The van der Waals surface area contributed by atoms with E-state index in [2.05, 4.69) is 27.7 Å². The van der Waals surface area contributed by atoms with Gasteiger partial charge in [0.25, 0.3) is 0 Å². The summed E-state index contributed by atoms with van der Waals surface area (Å²) in [4.78, 5) is 38.0. The largest absolute Gasteiger partial charge is 2.00 e. The quantitative estimate of drug-likeness (QED) is 0.0480. The van der Waals surface area contributed by atoms with Crippen molar-refractivity contribution in [2.45, 2.75) is 63.4 Å². The molecule has 0 heterocycles. The second-order valence-corrected chi connectivity index (χ2v) is 18.1. The number of alkyl carbamates (subject to hydrolysis) is 1. The Morgan fingerprint density at radius 1 is 1.05 bits per heavy atom. The van der Waals surface area contributed by atoms with Crippen molar-refractivity contribution in [2.24, 2.45) is 0 Å². The van der Waals surface area contributed by atoms with Crippen LogP contribution < -0.4 is 10.1 Å². The molecule has 0 saturated heterocycles. The zero-order chi connectivity index (χ0) is 28.9. The Kier molecular flexibility index (Phi) is 18.1. The Morgan fingerprint density at radius 2 is 1.68 bits per heavy atom. The molecule has 6 nitrogen and oxygen atoms in total. The molecule has 0 fully saturated rings. The first-order valence-electron chi connectivity index (χ1n) is 12.8. The topological polar surface area (TPSA) is 81.7 Å². The van der Waals surface area contributed by atoms with Crippen LogP contribution in [0.1, 0.15) is 58.1 Å². The van der Waals surface area contributed by atoms with Gasteiger partial charge in [0.2, 0.25) is 0 Å². The van der Waals surface area contributed by atoms with Gasteiger partial charge in [0, 0.05) is 0 Å². The summed E-state index contributed by atoms with van der Waals surface area (Å²) in [5, 5.41) is 2.60. The van der Waals surface area contributed by atoms with E-state index in [9.17, 15) is 14.4 Å². The SMILES string of the molecule is C=I(Cc1ccc(OC)cc1)(C(C)=O)/C(C#CCNC(=O)OC(C)(C)C)=C\C(=O)CCCCc1cc[c-]cc1.[CH3-].[U+2]. The van der Waals surface area contributed by atoms with Gasteiger partial charge in [-0.2, -0.15) is 0 Å². The minimum absolute atomic E-state index is 0. The summed E-state index contributed by atoms with van der Waals surface area (Å²) in [6.07, 6.45) is 3.78. The number of unbranched alkanes of at least 4 members (excludes halogenated alkanes) is 1. The van der Waals surface area contributed by atoms with Gasteiger partial charge in [-0.3, -0.25) is 0 Å². The summed E-state index contributed by atoms with van der Waals surface area (Å²) in [6.45, 7) is 6.88. The fourth-order valence-electron chi connectivity index (χ4n) is 3.51. The molecule has 2 aromatic carbocycles. The van der Waals surface area contributed by atoms with Crippen LogP contribution in [0.15, 0.2) is 58.2 Å². The molecule has 0 aromatic heterocycles. The van der Waals surface area contributed by atoms with Gasteiger partial charge in [-0.15, -0.1) is 0 Å². The number of nitrogens with one attached hydrogen (secondary N) is 1. The van der Waals surface area contributed by atoms with Gasteiger partial charge in [0.15, 0.2) is 0 Å². The van der Waals surface area contributed by atoms with Crippen LogP contribution in [0.4, 0.5) is 4.79 Å². The summed E-state index contributed by atoms with van der Waals surface area (Å²) >= 11 is -3.66. The molecule has 2 rings (SSSR count). The van der Waals surface area contributed by atoms with Crippen LogP contribution in [0.3, 0.4) is 0 Å². The van der Waals surface area contributed by atoms with Crippen molar-refractivity contribution in [2.75, 3.05) is 13.7 Å². The van der Waals surface area contributed by atoms with Crippen molar-refractivity contribution in [3.05, 3.63) is 82.8 Å². The second-order valence-electron chi connectivity index (χ2n) is 10.0. The number of carbonyl (C=O) groups is 3. The van der Waals surface area contributed by atoms with E-state index in [0.29, 0.717) is 14.4 Å². The maximum Gasteiger partial charge on any atom is 2.00 e. The van der Waals surface area contributed by atoms with Crippen molar-refractivity contribution in [1.29, 1.82) is 0 Å². The van der Waals surface area contributed by atoms with E-state index in [0.717, 1.165) is 30.6 Å². The number of allylic oxidation sites excluding steroid dienone is 2. The first-order valence-corrected chi connectivity index (χ1v) is 18.0. The molecule has 41 heavy (non-hydrogen) atoms. The maximum atomic E-state index is 13.0. The van der Waals surface area contributed by atoms with Crippen molar-refractivity contribution >= 4 is 38.1 Å². The molecule has 0 aliphatic heterocycles. The second kappa shape index (κ2) is 19.1. The van der Waals surface area contributed by atoms with Crippen molar-refractivity contribution in [1.82, 2.24) is 5.32 Å². The third-order valence-electron chi connectivity index (χ3n) is 5.58. The minimum atomic E-state index is -3.66. The van der Waals surface area contributed by atoms with Gasteiger partial charge in [0.05, 0.1) is 0 Å². The van der Waals surface area contributed by atoms with Crippen molar-refractivity contribution in [3.8, 4) is 17.6 Å². The molecule has 2 aromatic rings.